The highest BCUT2D eigenvalue weighted by Crippen LogP contribution is 2.23. The second kappa shape index (κ2) is 8.05. The van der Waals surface area contributed by atoms with E-state index in [9.17, 15) is 4.79 Å². The zero-order valence-electron chi connectivity index (χ0n) is 12.3. The Morgan fingerprint density at radius 2 is 2.25 bits per heavy atom. The van der Waals surface area contributed by atoms with Gasteiger partial charge in [-0.25, -0.2) is 0 Å². The molecule has 0 radical (unpaired) electrons. The van der Waals surface area contributed by atoms with Gasteiger partial charge < -0.3 is 15.7 Å². The molecular weight excluding hydrogens is 272 g/mol. The number of amides is 1. The first-order chi connectivity index (χ1) is 9.51. The van der Waals surface area contributed by atoms with Crippen molar-refractivity contribution in [2.45, 2.75) is 33.2 Å². The molecule has 0 saturated carbocycles. The molecule has 1 heterocycles. The predicted octanol–water partition coefficient (Wildman–Crippen LogP) is 1.60. The maximum Gasteiger partial charge on any atom is 0.264 e. The Bertz CT molecular complexity index is 512. The normalized spacial score (nSPS) is 10.3. The van der Waals surface area contributed by atoms with Gasteiger partial charge in [0, 0.05) is 19.2 Å². The monoisotopic (exact) mass is 294 g/mol. The average Bonchev–Trinajstić information content (AvgIpc) is 2.77. The fourth-order valence-corrected chi connectivity index (χ4v) is 2.82. The third-order valence-electron chi connectivity index (χ3n) is 2.87. The van der Waals surface area contributed by atoms with Gasteiger partial charge in [0.1, 0.15) is 0 Å². The van der Waals surface area contributed by atoms with Gasteiger partial charge >= 0.3 is 0 Å². The van der Waals surface area contributed by atoms with Crippen LogP contribution in [0.15, 0.2) is 6.07 Å². The van der Waals surface area contributed by atoms with E-state index in [1.54, 1.807) is 4.90 Å². The molecule has 0 aliphatic carbocycles. The largest absolute Gasteiger partial charge is 0.396 e. The van der Waals surface area contributed by atoms with Crippen LogP contribution in [0, 0.1) is 18.8 Å². The van der Waals surface area contributed by atoms with Crippen LogP contribution in [0.1, 0.15) is 40.4 Å². The van der Waals surface area contributed by atoms with Crippen molar-refractivity contribution in [1.82, 2.24) is 4.90 Å². The van der Waals surface area contributed by atoms with E-state index in [0.29, 0.717) is 24.4 Å². The Hall–Kier alpha value is -1.35. The summed E-state index contributed by atoms with van der Waals surface area (Å²) < 4.78 is 0. The predicted molar refractivity (Wildman–Crippen MR) is 82.9 cm³/mol. The number of thiophene rings is 1. The van der Waals surface area contributed by atoms with E-state index < -0.39 is 0 Å². The van der Waals surface area contributed by atoms with Crippen molar-refractivity contribution in [2.24, 2.45) is 5.73 Å². The smallest absolute Gasteiger partial charge is 0.264 e. The minimum atomic E-state index is 0.00217. The van der Waals surface area contributed by atoms with Gasteiger partial charge in [-0.2, -0.15) is 0 Å². The fourth-order valence-electron chi connectivity index (χ4n) is 1.82. The minimum absolute atomic E-state index is 0.00217. The summed E-state index contributed by atoms with van der Waals surface area (Å²) in [7, 11) is 0. The molecule has 0 aliphatic rings. The number of carbonyl (C=O) groups is 1. The lowest BCUT2D eigenvalue weighted by Crippen LogP contribution is -2.37. The van der Waals surface area contributed by atoms with Gasteiger partial charge in [0.15, 0.2) is 0 Å². The van der Waals surface area contributed by atoms with E-state index in [4.69, 9.17) is 10.8 Å². The van der Waals surface area contributed by atoms with Crippen molar-refractivity contribution in [3.05, 3.63) is 21.4 Å². The molecule has 0 fully saturated rings. The Balaban J connectivity index is 2.94. The zero-order valence-corrected chi connectivity index (χ0v) is 13.1. The Labute approximate surface area is 124 Å². The molecule has 0 aromatic carbocycles. The van der Waals surface area contributed by atoms with Crippen molar-refractivity contribution >= 4 is 17.2 Å². The maximum absolute atomic E-state index is 12.5. The molecule has 0 unspecified atom stereocenters. The van der Waals surface area contributed by atoms with Crippen LogP contribution in [0.25, 0.3) is 0 Å². The summed E-state index contributed by atoms with van der Waals surface area (Å²) in [5.41, 5.74) is 6.37. The fraction of sp³-hybridized carbons (Fsp3) is 0.533. The summed E-state index contributed by atoms with van der Waals surface area (Å²) in [4.78, 5) is 15.9. The Morgan fingerprint density at radius 1 is 1.55 bits per heavy atom. The van der Waals surface area contributed by atoms with E-state index in [2.05, 4.69) is 11.8 Å². The molecule has 0 aliphatic heterocycles. The van der Waals surface area contributed by atoms with Crippen LogP contribution in [0.2, 0.25) is 0 Å². The van der Waals surface area contributed by atoms with Crippen LogP contribution in [-0.2, 0) is 0 Å². The van der Waals surface area contributed by atoms with Crippen LogP contribution in [-0.4, -0.2) is 41.7 Å². The highest BCUT2D eigenvalue weighted by Gasteiger charge is 2.20. The number of aliphatic hydroxyl groups excluding tert-OH is 1. The topological polar surface area (TPSA) is 66.6 Å². The highest BCUT2D eigenvalue weighted by molar-refractivity contribution is 7.14. The van der Waals surface area contributed by atoms with Crippen LogP contribution in [0.5, 0.6) is 0 Å². The van der Waals surface area contributed by atoms with Crippen molar-refractivity contribution in [2.75, 3.05) is 19.7 Å². The standard InChI is InChI=1S/C15H22N2O2S/c1-11(2)17(8-5-9-18)15(19)14-10-12(3)13(20-14)6-4-7-16/h10-11,18H,5,7-9,16H2,1-3H3. The SMILES string of the molecule is Cc1cc(C(=O)N(CCCO)C(C)C)sc1C#CCN. The van der Waals surface area contributed by atoms with Gasteiger partial charge in [-0.15, -0.1) is 11.3 Å². The van der Waals surface area contributed by atoms with Crippen LogP contribution in [0.4, 0.5) is 0 Å². The Kier molecular flexibility index (Phi) is 6.73. The minimum Gasteiger partial charge on any atom is -0.396 e. The summed E-state index contributed by atoms with van der Waals surface area (Å²) in [6, 6.07) is 1.98. The molecule has 1 rings (SSSR count). The van der Waals surface area contributed by atoms with Crippen LogP contribution in [0.3, 0.4) is 0 Å². The third-order valence-corrected chi connectivity index (χ3v) is 4.01. The van der Waals surface area contributed by atoms with Gasteiger partial charge in [0.2, 0.25) is 0 Å². The van der Waals surface area contributed by atoms with Gasteiger partial charge in [0.25, 0.3) is 5.91 Å². The lowest BCUT2D eigenvalue weighted by molar-refractivity contribution is 0.0698. The number of nitrogens with zero attached hydrogens (tertiary/aromatic N) is 1. The first-order valence-corrected chi connectivity index (χ1v) is 7.54. The molecule has 0 atom stereocenters. The van der Waals surface area contributed by atoms with Gasteiger partial charge in [-0.1, -0.05) is 11.8 Å². The number of hydrogen-bond acceptors (Lipinski definition) is 4. The zero-order chi connectivity index (χ0) is 15.1. The van der Waals surface area contributed by atoms with Crippen molar-refractivity contribution in [1.29, 1.82) is 0 Å². The third kappa shape index (κ3) is 4.34. The van der Waals surface area contributed by atoms with Gasteiger partial charge in [-0.05, 0) is 38.8 Å². The molecule has 1 aromatic rings. The maximum atomic E-state index is 12.5. The molecule has 3 N–H and O–H groups in total. The second-order valence-corrected chi connectivity index (χ2v) is 5.85. The summed E-state index contributed by atoms with van der Waals surface area (Å²) in [5, 5.41) is 8.93. The lowest BCUT2D eigenvalue weighted by Gasteiger charge is -2.25. The number of nitrogens with two attached hydrogens (primary N) is 1. The van der Waals surface area contributed by atoms with Crippen molar-refractivity contribution in [3.63, 3.8) is 0 Å². The molecule has 1 aromatic heterocycles. The van der Waals surface area contributed by atoms with Gasteiger partial charge in [-0.3, -0.25) is 4.79 Å². The number of rotatable bonds is 5. The average molecular weight is 294 g/mol. The van der Waals surface area contributed by atoms with E-state index in [0.717, 1.165) is 10.4 Å². The highest BCUT2D eigenvalue weighted by atomic mass is 32.1. The van der Waals surface area contributed by atoms with Crippen molar-refractivity contribution in [3.8, 4) is 11.8 Å². The molecule has 110 valence electrons. The first kappa shape index (κ1) is 16.7. The molecule has 20 heavy (non-hydrogen) atoms. The second-order valence-electron chi connectivity index (χ2n) is 4.80. The van der Waals surface area contributed by atoms with Crippen molar-refractivity contribution < 1.29 is 9.90 Å². The quantitative estimate of drug-likeness (QED) is 0.811. The van der Waals surface area contributed by atoms with E-state index in [1.807, 2.05) is 26.8 Å². The van der Waals surface area contributed by atoms with Crippen LogP contribution < -0.4 is 5.73 Å². The molecule has 0 bridgehead atoms. The molecule has 0 spiro atoms. The first-order valence-electron chi connectivity index (χ1n) is 6.72. The van der Waals surface area contributed by atoms with E-state index >= 15 is 0 Å². The van der Waals surface area contributed by atoms with Crippen LogP contribution >= 0.6 is 11.3 Å². The summed E-state index contributed by atoms with van der Waals surface area (Å²) in [6.07, 6.45) is 0.591. The van der Waals surface area contributed by atoms with E-state index in [-0.39, 0.29) is 18.6 Å². The van der Waals surface area contributed by atoms with E-state index in [1.165, 1.54) is 11.3 Å². The Morgan fingerprint density at radius 3 is 2.80 bits per heavy atom. The summed E-state index contributed by atoms with van der Waals surface area (Å²) in [6.45, 7) is 6.87. The number of aliphatic hydroxyl groups is 1. The number of aryl methyl sites for hydroxylation is 1. The lowest BCUT2D eigenvalue weighted by atomic mass is 10.2. The molecule has 4 nitrogen and oxygen atoms in total. The number of hydrogen-bond donors (Lipinski definition) is 2. The summed E-state index contributed by atoms with van der Waals surface area (Å²) >= 11 is 1.40. The molecule has 1 amide bonds. The number of carbonyl (C=O) groups excluding carboxylic acids is 1. The molecule has 5 heteroatoms. The summed E-state index contributed by atoms with van der Waals surface area (Å²) in [5.74, 6) is 5.81. The molecule has 0 saturated heterocycles. The van der Waals surface area contributed by atoms with Gasteiger partial charge in [0.05, 0.1) is 16.3 Å². The molecular formula is C15H22N2O2S.